The van der Waals surface area contributed by atoms with Gasteiger partial charge in [0.1, 0.15) is 12.3 Å². The fraction of sp³-hybridized carbons (Fsp3) is 0.417. The zero-order valence-corrected chi connectivity index (χ0v) is 11.4. The van der Waals surface area contributed by atoms with Crippen molar-refractivity contribution in [2.75, 3.05) is 34.3 Å². The normalized spacial score (nSPS) is 9.78. The summed E-state index contributed by atoms with van der Waals surface area (Å²) in [5.74, 6) is -1.62. The molecule has 0 fully saturated rings. The molecule has 96 valence electrons. The second-order valence-electron chi connectivity index (χ2n) is 4.54. The molecule has 0 aromatic heterocycles. The largest absolute Gasteiger partial charge is 1.00 e. The molecule has 0 amide bonds. The first-order valence-corrected chi connectivity index (χ1v) is 5.18. The third-order valence-electron chi connectivity index (χ3n) is 1.89. The van der Waals surface area contributed by atoms with Crippen LogP contribution in [0.15, 0.2) is 24.3 Å². The van der Waals surface area contributed by atoms with Crippen LogP contribution in [0.2, 0.25) is 0 Å². The quantitative estimate of drug-likeness (QED) is 0.428. The average Bonchev–Trinajstić information content (AvgIpc) is 2.16. The van der Waals surface area contributed by atoms with E-state index in [1.54, 1.807) is 6.07 Å². The molecular formula is C12H19LiNO4+. The molecule has 18 heavy (non-hydrogen) atoms. The number of benzene rings is 1. The molecule has 0 atom stereocenters. The Bertz CT molecular complexity index is 363. The Labute approximate surface area is 119 Å². The van der Waals surface area contributed by atoms with Gasteiger partial charge in [0.15, 0.2) is 0 Å². The van der Waals surface area contributed by atoms with Crippen LogP contribution >= 0.6 is 0 Å². The molecule has 6 heteroatoms. The van der Waals surface area contributed by atoms with Crippen molar-refractivity contribution in [2.45, 2.75) is 0 Å². The minimum atomic E-state index is -1.36. The van der Waals surface area contributed by atoms with Gasteiger partial charge in [-0.1, -0.05) is 12.1 Å². The number of rotatable bonds is 3. The number of aliphatic hydroxyl groups is 1. The summed E-state index contributed by atoms with van der Waals surface area (Å²) in [5.41, 5.74) is -0.178. The second-order valence-corrected chi connectivity index (χ2v) is 4.54. The van der Waals surface area contributed by atoms with Gasteiger partial charge >= 0.3 is 18.9 Å². The van der Waals surface area contributed by atoms with E-state index in [0.29, 0.717) is 0 Å². The third kappa shape index (κ3) is 9.08. The van der Waals surface area contributed by atoms with Crippen molar-refractivity contribution in [3.63, 3.8) is 0 Å². The maximum absolute atomic E-state index is 10.2. The third-order valence-corrected chi connectivity index (χ3v) is 1.89. The van der Waals surface area contributed by atoms with Crippen molar-refractivity contribution in [1.82, 2.24) is 0 Å². The molecule has 1 rings (SSSR count). The smallest absolute Gasteiger partial charge is 0.545 e. The van der Waals surface area contributed by atoms with Crippen LogP contribution in [-0.2, 0) is 0 Å². The number of aromatic hydroxyl groups is 1. The molecule has 0 heterocycles. The van der Waals surface area contributed by atoms with E-state index in [0.717, 1.165) is 11.0 Å². The molecule has 2 N–H and O–H groups in total. The molecule has 0 spiro atoms. The molecule has 0 saturated carbocycles. The Morgan fingerprint density at radius 3 is 2.00 bits per heavy atom. The summed E-state index contributed by atoms with van der Waals surface area (Å²) in [6.07, 6.45) is 0. The van der Waals surface area contributed by atoms with Crippen molar-refractivity contribution >= 4 is 5.97 Å². The van der Waals surface area contributed by atoms with Crippen LogP contribution in [0.4, 0.5) is 0 Å². The van der Waals surface area contributed by atoms with E-state index in [1.165, 1.54) is 18.2 Å². The van der Waals surface area contributed by atoms with Crippen LogP contribution in [0.5, 0.6) is 5.75 Å². The molecular weight excluding hydrogens is 229 g/mol. The van der Waals surface area contributed by atoms with Crippen LogP contribution in [0.1, 0.15) is 10.4 Å². The molecule has 0 saturated heterocycles. The molecule has 0 aliphatic rings. The maximum atomic E-state index is 10.2. The van der Waals surface area contributed by atoms with Gasteiger partial charge in [-0.3, -0.25) is 0 Å². The predicted molar refractivity (Wildman–Crippen MR) is 62.4 cm³/mol. The number of likely N-dealkylation sites (N-methyl/N-ethyl adjacent to an activating group) is 1. The number of carboxylic acids is 1. The van der Waals surface area contributed by atoms with Crippen LogP contribution in [0, 0.1) is 0 Å². The number of quaternary nitrogens is 1. The van der Waals surface area contributed by atoms with E-state index in [-0.39, 0.29) is 36.8 Å². The van der Waals surface area contributed by atoms with Gasteiger partial charge in [0.2, 0.25) is 0 Å². The second kappa shape index (κ2) is 9.01. The van der Waals surface area contributed by atoms with Gasteiger partial charge in [0.05, 0.1) is 33.7 Å². The monoisotopic (exact) mass is 248 g/mol. The van der Waals surface area contributed by atoms with Gasteiger partial charge in [-0.15, -0.1) is 0 Å². The zero-order chi connectivity index (χ0) is 13.5. The molecule has 1 aromatic rings. The molecule has 5 nitrogen and oxygen atoms in total. The number of hydrogen-bond donors (Lipinski definition) is 2. The molecule has 0 bridgehead atoms. The van der Waals surface area contributed by atoms with Crippen molar-refractivity contribution in [2.24, 2.45) is 0 Å². The van der Waals surface area contributed by atoms with Crippen LogP contribution in [0.3, 0.4) is 0 Å². The number of carboxylic acid groups (broad SMARTS) is 1. The van der Waals surface area contributed by atoms with Gasteiger partial charge in [-0.05, 0) is 12.1 Å². The summed E-state index contributed by atoms with van der Waals surface area (Å²) < 4.78 is 0.844. The molecule has 0 aliphatic heterocycles. The number of carbonyl (C=O) groups excluding carboxylic acids is 1. The van der Waals surface area contributed by atoms with E-state index in [4.69, 9.17) is 10.2 Å². The average molecular weight is 248 g/mol. The van der Waals surface area contributed by atoms with Crippen molar-refractivity contribution < 1.29 is 43.5 Å². The van der Waals surface area contributed by atoms with Gasteiger partial charge in [0, 0.05) is 5.56 Å². The summed E-state index contributed by atoms with van der Waals surface area (Å²) in [7, 11) is 6.16. The van der Waals surface area contributed by atoms with Crippen molar-refractivity contribution in [3.8, 4) is 5.75 Å². The Kier molecular flexibility index (Phi) is 9.68. The van der Waals surface area contributed by atoms with E-state index in [9.17, 15) is 9.90 Å². The number of nitrogens with zero attached hydrogens (tertiary/aromatic N) is 1. The standard InChI is InChI=1S/C7H6O3.C5H14NO.Li/c8-6-4-2-1-3-5(6)7(9)10;1-6(2,3)4-5-7;/h1-4,8H,(H,9,10);7H,4-5H2,1-3H3;/q;2*+1/p-1. The zero-order valence-electron chi connectivity index (χ0n) is 11.4. The van der Waals surface area contributed by atoms with Gasteiger partial charge in [-0.25, -0.2) is 0 Å². The summed E-state index contributed by atoms with van der Waals surface area (Å²) in [4.78, 5) is 10.2. The minimum Gasteiger partial charge on any atom is -0.545 e. The first kappa shape index (κ1) is 19.3. The van der Waals surface area contributed by atoms with Crippen molar-refractivity contribution in [3.05, 3.63) is 29.8 Å². The number of aliphatic hydroxyl groups excluding tert-OH is 1. The van der Waals surface area contributed by atoms with Gasteiger partial charge < -0.3 is 24.6 Å². The van der Waals surface area contributed by atoms with Gasteiger partial charge in [0.25, 0.3) is 0 Å². The van der Waals surface area contributed by atoms with E-state index >= 15 is 0 Å². The number of phenols is 1. The minimum absolute atomic E-state index is 0. The molecule has 0 unspecified atom stereocenters. The Balaban J connectivity index is 0. The Hall–Kier alpha value is -0.993. The maximum Gasteiger partial charge on any atom is 1.00 e. The van der Waals surface area contributed by atoms with E-state index in [1.807, 2.05) is 0 Å². The fourth-order valence-corrected chi connectivity index (χ4v) is 0.946. The number of para-hydroxylation sites is 1. The first-order valence-electron chi connectivity index (χ1n) is 5.18. The summed E-state index contributed by atoms with van der Waals surface area (Å²) in [6, 6.07) is 5.64. The fourth-order valence-electron chi connectivity index (χ4n) is 0.946. The first-order chi connectivity index (χ1) is 7.78. The summed E-state index contributed by atoms with van der Waals surface area (Å²) in [5, 5.41) is 27.4. The Morgan fingerprint density at radius 1 is 1.28 bits per heavy atom. The van der Waals surface area contributed by atoms with Crippen LogP contribution < -0.4 is 24.0 Å². The van der Waals surface area contributed by atoms with Crippen molar-refractivity contribution in [1.29, 1.82) is 0 Å². The van der Waals surface area contributed by atoms with E-state index in [2.05, 4.69) is 21.1 Å². The SMILES string of the molecule is C[N+](C)(C)CCO.O=C([O-])c1ccccc1O.[Li+]. The van der Waals surface area contributed by atoms with Crippen LogP contribution in [-0.4, -0.2) is 55.0 Å². The van der Waals surface area contributed by atoms with E-state index < -0.39 is 5.97 Å². The van der Waals surface area contributed by atoms with Gasteiger partial charge in [-0.2, -0.15) is 0 Å². The molecule has 0 radical (unpaired) electrons. The predicted octanol–water partition coefficient (Wildman–Crippen LogP) is -3.56. The summed E-state index contributed by atoms with van der Waals surface area (Å²) in [6.45, 7) is 1.11. The summed E-state index contributed by atoms with van der Waals surface area (Å²) >= 11 is 0. The number of carbonyl (C=O) groups is 1. The number of aromatic carboxylic acids is 1. The topological polar surface area (TPSA) is 80.6 Å². The number of hydrogen-bond acceptors (Lipinski definition) is 4. The Morgan fingerprint density at radius 2 is 1.78 bits per heavy atom. The molecule has 0 aliphatic carbocycles. The van der Waals surface area contributed by atoms with Crippen LogP contribution in [0.25, 0.3) is 0 Å². The molecule has 1 aromatic carbocycles.